The molecule has 84 heavy (non-hydrogen) atoms. The lowest BCUT2D eigenvalue weighted by Gasteiger charge is -2.45. The van der Waals surface area contributed by atoms with Gasteiger partial charge in [-0.25, -0.2) is 0 Å². The lowest BCUT2D eigenvalue weighted by molar-refractivity contribution is 0.617. The van der Waals surface area contributed by atoms with Gasteiger partial charge in [-0.15, -0.1) is 0 Å². The van der Waals surface area contributed by atoms with Crippen LogP contribution in [0.1, 0.15) is 125 Å². The third kappa shape index (κ3) is 9.21. The van der Waals surface area contributed by atoms with Crippen LogP contribution in [0.3, 0.4) is 0 Å². The Hall–Kier alpha value is -8.92. The molecular formula is C81H75BN2. The first-order chi connectivity index (χ1) is 40.4. The van der Waals surface area contributed by atoms with E-state index in [2.05, 4.69) is 352 Å². The van der Waals surface area contributed by atoms with Crippen LogP contribution < -0.4 is 26.2 Å². The second-order valence-electron chi connectivity index (χ2n) is 26.2. The van der Waals surface area contributed by atoms with Gasteiger partial charge in [-0.2, -0.15) is 0 Å². The first-order valence-electron chi connectivity index (χ1n) is 30.1. The Morgan fingerprint density at radius 3 is 0.893 bits per heavy atom. The third-order valence-corrected chi connectivity index (χ3v) is 19.5. The standard InChI is InChI=1S/C81H75BN2/c1-77(2,58-32-19-12-20-33-58)63-44-46-72-70(54-63)82-71-55-64(78(3,4)59-34-21-13-22-35-59)45-47-73(71)84(69-52-66(80(7,8)61-38-25-15-26-39-61)50-67(53-69)81(9,10)62-40-27-16-28-41-62)75-43-29-42-74(76(75)82)83(72)68-49-57(56-30-17-11-18-31-56)48-65(51-68)79(5,6)60-36-23-14-24-37-60/h11-55H,1-10H3. The highest BCUT2D eigenvalue weighted by molar-refractivity contribution is 7.00. The zero-order valence-corrected chi connectivity index (χ0v) is 50.5. The number of benzene rings is 11. The van der Waals surface area contributed by atoms with Crippen LogP contribution in [0.5, 0.6) is 0 Å². The van der Waals surface area contributed by atoms with Crippen molar-refractivity contribution < 1.29 is 0 Å². The van der Waals surface area contributed by atoms with Gasteiger partial charge < -0.3 is 9.80 Å². The van der Waals surface area contributed by atoms with Crippen molar-refractivity contribution in [1.82, 2.24) is 0 Å². The van der Waals surface area contributed by atoms with Gasteiger partial charge in [0, 0.05) is 61.2 Å². The summed E-state index contributed by atoms with van der Waals surface area (Å²) in [5.41, 5.74) is 24.5. The van der Waals surface area contributed by atoms with Gasteiger partial charge in [0.05, 0.1) is 0 Å². The second-order valence-corrected chi connectivity index (χ2v) is 26.2. The SMILES string of the molecule is CC(C)(c1ccccc1)c1cc(-c2ccccc2)cc(N2c3ccc(C(C)(C)c4ccccc4)cc3B3c4cc(C(C)(C)c5ccccc5)ccc4N(c4cc(C(C)(C)c5ccccc5)cc(C(C)(C)c5ccccc5)c4)c4cccc2c43)c1. The van der Waals surface area contributed by atoms with Gasteiger partial charge in [0.25, 0.3) is 6.71 Å². The molecule has 2 aliphatic rings. The third-order valence-electron chi connectivity index (χ3n) is 19.5. The predicted molar refractivity (Wildman–Crippen MR) is 359 cm³/mol. The summed E-state index contributed by atoms with van der Waals surface area (Å²) in [4.78, 5) is 5.24. The highest BCUT2D eigenvalue weighted by Crippen LogP contribution is 2.50. The van der Waals surface area contributed by atoms with Crippen molar-refractivity contribution in [3.8, 4) is 11.1 Å². The molecule has 2 nitrogen and oxygen atoms in total. The van der Waals surface area contributed by atoms with E-state index >= 15 is 0 Å². The summed E-state index contributed by atoms with van der Waals surface area (Å²) in [6.07, 6.45) is 0. The molecule has 2 heterocycles. The largest absolute Gasteiger partial charge is 0.311 e. The lowest BCUT2D eigenvalue weighted by Crippen LogP contribution is -2.61. The van der Waals surface area contributed by atoms with E-state index < -0.39 is 0 Å². The normalized spacial score (nSPS) is 13.3. The van der Waals surface area contributed by atoms with Gasteiger partial charge in [0.2, 0.25) is 0 Å². The maximum absolute atomic E-state index is 2.63. The van der Waals surface area contributed by atoms with Crippen LogP contribution >= 0.6 is 0 Å². The first kappa shape index (κ1) is 54.3. The van der Waals surface area contributed by atoms with Crippen molar-refractivity contribution in [2.75, 3.05) is 9.80 Å². The number of hydrogen-bond donors (Lipinski definition) is 0. The number of anilines is 6. The summed E-state index contributed by atoms with van der Waals surface area (Å²) in [6.45, 7) is 23.8. The molecule has 0 saturated carbocycles. The number of hydrogen-bond acceptors (Lipinski definition) is 2. The van der Waals surface area contributed by atoms with Gasteiger partial charge in [-0.3, -0.25) is 0 Å². The summed E-state index contributed by atoms with van der Waals surface area (Å²) in [5.74, 6) is 0. The molecule has 412 valence electrons. The molecule has 0 fully saturated rings. The zero-order valence-electron chi connectivity index (χ0n) is 50.5. The highest BCUT2D eigenvalue weighted by Gasteiger charge is 2.45. The van der Waals surface area contributed by atoms with E-state index in [-0.39, 0.29) is 33.8 Å². The Morgan fingerprint density at radius 1 is 0.226 bits per heavy atom. The van der Waals surface area contributed by atoms with Crippen molar-refractivity contribution in [3.63, 3.8) is 0 Å². The molecule has 0 amide bonds. The molecule has 0 radical (unpaired) electrons. The van der Waals surface area contributed by atoms with Gasteiger partial charge in [0.1, 0.15) is 0 Å². The molecule has 0 N–H and O–H groups in total. The van der Waals surface area contributed by atoms with Crippen molar-refractivity contribution in [2.45, 2.75) is 96.3 Å². The molecule has 0 atom stereocenters. The Labute approximate surface area is 500 Å². The summed E-state index contributed by atoms with van der Waals surface area (Å²) < 4.78 is 0. The maximum Gasteiger partial charge on any atom is 0.252 e. The topological polar surface area (TPSA) is 6.48 Å². The van der Waals surface area contributed by atoms with E-state index in [1.54, 1.807) is 0 Å². The van der Waals surface area contributed by atoms with E-state index in [4.69, 9.17) is 0 Å². The lowest BCUT2D eigenvalue weighted by atomic mass is 9.33. The molecule has 0 saturated heterocycles. The first-order valence-corrected chi connectivity index (χ1v) is 30.1. The van der Waals surface area contributed by atoms with E-state index in [9.17, 15) is 0 Å². The van der Waals surface area contributed by atoms with Crippen molar-refractivity contribution >= 4 is 57.2 Å². The molecule has 11 aromatic carbocycles. The van der Waals surface area contributed by atoms with Crippen LogP contribution in [0.25, 0.3) is 11.1 Å². The maximum atomic E-state index is 2.63. The minimum absolute atomic E-state index is 0.117. The molecule has 0 spiro atoms. The van der Waals surface area contributed by atoms with E-state index in [1.807, 2.05) is 0 Å². The van der Waals surface area contributed by atoms with Crippen LogP contribution in [-0.4, -0.2) is 6.71 Å². The van der Waals surface area contributed by atoms with Gasteiger partial charge in [0.15, 0.2) is 0 Å². The van der Waals surface area contributed by atoms with Gasteiger partial charge in [-0.1, -0.05) is 294 Å². The smallest absolute Gasteiger partial charge is 0.252 e. The zero-order chi connectivity index (χ0) is 58.2. The van der Waals surface area contributed by atoms with Crippen LogP contribution in [0.4, 0.5) is 34.1 Å². The molecule has 0 unspecified atom stereocenters. The number of fused-ring (bicyclic) bond motifs is 4. The van der Waals surface area contributed by atoms with Crippen molar-refractivity contribution in [2.24, 2.45) is 0 Å². The Bertz CT molecular complexity index is 4130. The van der Waals surface area contributed by atoms with Crippen LogP contribution in [-0.2, 0) is 27.1 Å². The quantitative estimate of drug-likeness (QED) is 0.106. The Kier molecular flexibility index (Phi) is 13.4. The minimum atomic E-state index is -0.327. The summed E-state index contributed by atoms with van der Waals surface area (Å²) >= 11 is 0. The Morgan fingerprint density at radius 2 is 0.536 bits per heavy atom. The molecule has 0 aliphatic carbocycles. The molecule has 13 rings (SSSR count). The fourth-order valence-electron chi connectivity index (χ4n) is 13.7. The fourth-order valence-corrected chi connectivity index (χ4v) is 13.7. The van der Waals surface area contributed by atoms with Crippen molar-refractivity contribution in [1.29, 1.82) is 0 Å². The summed E-state index contributed by atoms with van der Waals surface area (Å²) in [5, 5.41) is 0. The summed E-state index contributed by atoms with van der Waals surface area (Å²) in [6, 6.07) is 103. The monoisotopic (exact) mass is 1090 g/mol. The van der Waals surface area contributed by atoms with E-state index in [1.165, 1.54) is 106 Å². The van der Waals surface area contributed by atoms with Crippen molar-refractivity contribution in [3.05, 3.63) is 329 Å². The molecule has 0 bridgehead atoms. The minimum Gasteiger partial charge on any atom is -0.311 e. The van der Waals surface area contributed by atoms with Crippen LogP contribution in [0.2, 0.25) is 0 Å². The molecule has 11 aromatic rings. The highest BCUT2D eigenvalue weighted by atomic mass is 15.2. The number of nitrogens with zero attached hydrogens (tertiary/aromatic N) is 2. The summed E-state index contributed by atoms with van der Waals surface area (Å²) in [7, 11) is 0. The molecule has 2 aliphatic heterocycles. The number of rotatable bonds is 13. The predicted octanol–water partition coefficient (Wildman–Crippen LogP) is 19.1. The Balaban J connectivity index is 1.13. The van der Waals surface area contributed by atoms with Crippen LogP contribution in [0.15, 0.2) is 273 Å². The van der Waals surface area contributed by atoms with E-state index in [0.717, 1.165) is 11.4 Å². The molecule has 3 heteroatoms. The average molecular weight is 1090 g/mol. The van der Waals surface area contributed by atoms with E-state index in [0.29, 0.717) is 0 Å². The van der Waals surface area contributed by atoms with Gasteiger partial charge in [-0.05, 0) is 132 Å². The average Bonchev–Trinajstić information content (AvgIpc) is 0.801. The second kappa shape index (κ2) is 20.8. The van der Waals surface area contributed by atoms with Gasteiger partial charge >= 0.3 is 0 Å². The van der Waals surface area contributed by atoms with Crippen LogP contribution in [0, 0.1) is 0 Å². The molecule has 0 aromatic heterocycles. The molecular weight excluding hydrogens is 1010 g/mol. The fraction of sp³-hybridized carbons (Fsp3) is 0.185.